The van der Waals surface area contributed by atoms with Crippen LogP contribution in [0.1, 0.15) is 22.3 Å². The maximum atomic E-state index is 6.33. The van der Waals surface area contributed by atoms with Crippen LogP contribution in [0.25, 0.3) is 77.9 Å². The van der Waals surface area contributed by atoms with Crippen molar-refractivity contribution in [2.45, 2.75) is 5.41 Å². The molecule has 0 radical (unpaired) electrons. The molecular weight excluding hydrogens is 804 g/mol. The van der Waals surface area contributed by atoms with E-state index < -0.39 is 5.41 Å². The molecule has 0 unspecified atom stereocenters. The van der Waals surface area contributed by atoms with Gasteiger partial charge in [0.15, 0.2) is 0 Å². The highest BCUT2D eigenvalue weighted by molar-refractivity contribution is 6.31. The molecule has 0 saturated carbocycles. The quantitative estimate of drug-likeness (QED) is 0.143. The van der Waals surface area contributed by atoms with Crippen LogP contribution in [0.4, 0.5) is 0 Å². The summed E-state index contributed by atoms with van der Waals surface area (Å²) in [6.45, 7) is 0. The minimum atomic E-state index is -0.651. The van der Waals surface area contributed by atoms with Gasteiger partial charge in [0.05, 0.1) is 5.41 Å². The summed E-state index contributed by atoms with van der Waals surface area (Å²) >= 11 is 12.7. The Morgan fingerprint density at radius 2 is 0.460 bits per heavy atom. The largest absolute Gasteiger partial charge is 0.0843 e. The van der Waals surface area contributed by atoms with Crippen LogP contribution < -0.4 is 0 Å². The van der Waals surface area contributed by atoms with E-state index in [2.05, 4.69) is 218 Å². The lowest BCUT2D eigenvalue weighted by atomic mass is 9.67. The second kappa shape index (κ2) is 16.2. The van der Waals surface area contributed by atoms with Gasteiger partial charge in [-0.3, -0.25) is 0 Å². The molecule has 10 aromatic carbocycles. The van der Waals surface area contributed by atoms with Crippen LogP contribution in [-0.2, 0) is 5.41 Å². The minimum Gasteiger partial charge on any atom is -0.0843 e. The highest BCUT2D eigenvalue weighted by Crippen LogP contribution is 2.58. The van der Waals surface area contributed by atoms with Gasteiger partial charge in [0, 0.05) is 10.0 Å². The maximum Gasteiger partial charge on any atom is 0.0714 e. The van der Waals surface area contributed by atoms with Crippen LogP contribution in [0.5, 0.6) is 0 Å². The molecule has 1 aliphatic carbocycles. The highest BCUT2D eigenvalue weighted by Gasteiger charge is 2.46. The van der Waals surface area contributed by atoms with Crippen LogP contribution in [0.15, 0.2) is 243 Å². The first-order valence-corrected chi connectivity index (χ1v) is 22.1. The molecule has 298 valence electrons. The fourth-order valence-corrected chi connectivity index (χ4v) is 9.81. The Labute approximate surface area is 379 Å². The zero-order chi connectivity index (χ0) is 42.3. The number of halogens is 2. The minimum absolute atomic E-state index is 0.651. The van der Waals surface area contributed by atoms with Gasteiger partial charge in [0.25, 0.3) is 0 Å². The molecule has 0 fully saturated rings. The van der Waals surface area contributed by atoms with Gasteiger partial charge in [0.2, 0.25) is 0 Å². The van der Waals surface area contributed by atoms with Gasteiger partial charge in [-0.25, -0.2) is 0 Å². The Balaban J connectivity index is 1.12. The molecule has 0 nitrogen and oxygen atoms in total. The smallest absolute Gasteiger partial charge is 0.0714 e. The third-order valence-electron chi connectivity index (χ3n) is 12.8. The zero-order valence-electron chi connectivity index (χ0n) is 34.3. The summed E-state index contributed by atoms with van der Waals surface area (Å²) in [5.74, 6) is 0. The van der Waals surface area contributed by atoms with Gasteiger partial charge in [-0.05, 0) is 137 Å². The summed E-state index contributed by atoms with van der Waals surface area (Å²) in [7, 11) is 0. The number of hydrogen-bond donors (Lipinski definition) is 0. The van der Waals surface area contributed by atoms with Crippen molar-refractivity contribution < 1.29 is 0 Å². The van der Waals surface area contributed by atoms with E-state index in [1.165, 1.54) is 77.9 Å². The molecule has 0 spiro atoms. The van der Waals surface area contributed by atoms with E-state index in [0.717, 1.165) is 32.3 Å². The number of hydrogen-bond acceptors (Lipinski definition) is 0. The lowest BCUT2D eigenvalue weighted by Crippen LogP contribution is -2.28. The molecular formula is C61H40Cl2. The molecule has 11 rings (SSSR count). The second-order valence-corrected chi connectivity index (χ2v) is 17.2. The lowest BCUT2D eigenvalue weighted by molar-refractivity contribution is 0.769. The third kappa shape index (κ3) is 7.08. The van der Waals surface area contributed by atoms with Crippen LogP contribution in [0.3, 0.4) is 0 Å². The van der Waals surface area contributed by atoms with E-state index in [1.807, 2.05) is 24.3 Å². The first-order valence-electron chi connectivity index (χ1n) is 21.4. The van der Waals surface area contributed by atoms with Crippen LogP contribution in [0.2, 0.25) is 10.0 Å². The molecule has 0 heterocycles. The normalized spacial score (nSPS) is 12.4. The van der Waals surface area contributed by atoms with Crippen LogP contribution in [-0.4, -0.2) is 0 Å². The molecule has 0 aromatic heterocycles. The molecule has 0 amide bonds. The van der Waals surface area contributed by atoms with E-state index >= 15 is 0 Å². The van der Waals surface area contributed by atoms with Gasteiger partial charge < -0.3 is 0 Å². The maximum absolute atomic E-state index is 6.33. The Morgan fingerprint density at radius 3 is 0.778 bits per heavy atom. The first-order chi connectivity index (χ1) is 31.0. The zero-order valence-corrected chi connectivity index (χ0v) is 35.9. The van der Waals surface area contributed by atoms with Crippen molar-refractivity contribution in [1.82, 2.24) is 0 Å². The number of benzene rings is 10. The fourth-order valence-electron chi connectivity index (χ4n) is 9.55. The Bertz CT molecular complexity index is 2980. The van der Waals surface area contributed by atoms with Gasteiger partial charge in [-0.2, -0.15) is 0 Å². The summed E-state index contributed by atoms with van der Waals surface area (Å²) in [6.07, 6.45) is 0. The monoisotopic (exact) mass is 842 g/mol. The van der Waals surface area contributed by atoms with Gasteiger partial charge in [-0.1, -0.05) is 229 Å². The van der Waals surface area contributed by atoms with Crippen molar-refractivity contribution in [3.8, 4) is 77.9 Å². The Hall–Kier alpha value is -7.22. The second-order valence-electron chi connectivity index (χ2n) is 16.3. The van der Waals surface area contributed by atoms with Crippen molar-refractivity contribution in [2.75, 3.05) is 0 Å². The van der Waals surface area contributed by atoms with Gasteiger partial charge >= 0.3 is 0 Å². The van der Waals surface area contributed by atoms with E-state index in [-0.39, 0.29) is 0 Å². The van der Waals surface area contributed by atoms with Crippen molar-refractivity contribution in [1.29, 1.82) is 0 Å². The Morgan fingerprint density at radius 1 is 0.222 bits per heavy atom. The van der Waals surface area contributed by atoms with Gasteiger partial charge in [-0.15, -0.1) is 0 Å². The Kier molecular flexibility index (Phi) is 9.97. The first kappa shape index (κ1) is 38.7. The average Bonchev–Trinajstić information content (AvgIpc) is 3.65. The molecule has 2 heteroatoms. The summed E-state index contributed by atoms with van der Waals surface area (Å²) < 4.78 is 0. The molecule has 10 aromatic rings. The third-order valence-corrected chi connectivity index (χ3v) is 13.3. The molecule has 0 saturated heterocycles. The molecule has 0 aliphatic heterocycles. The van der Waals surface area contributed by atoms with Crippen molar-refractivity contribution in [2.24, 2.45) is 0 Å². The molecule has 1 aliphatic rings. The fraction of sp³-hybridized carbons (Fsp3) is 0.0164. The van der Waals surface area contributed by atoms with Crippen molar-refractivity contribution in [3.05, 3.63) is 275 Å². The summed E-state index contributed by atoms with van der Waals surface area (Å²) in [5, 5.41) is 1.46. The molecule has 0 atom stereocenters. The number of rotatable bonds is 8. The SMILES string of the molecule is Clc1ccc(-c2ccc(C3(c4ccc(-c5ccc(Cl)cc5)cc4)c4cc(-c5ccc(-c6ccccc6)cc5)ccc4-c4ccc(-c5ccc(-c6ccccc6)cc5)cc43)cc2)cc1. The topological polar surface area (TPSA) is 0 Å². The van der Waals surface area contributed by atoms with Crippen LogP contribution in [0, 0.1) is 0 Å². The standard InChI is InChI=1S/C61H40Cl2/c62-55-33-23-47(24-34-55)45-19-29-53(30-20-45)61(54-31-21-46(22-32-54)48-25-35-56(63)36-26-48)59-39-51(49-15-11-43(12-16-49)41-7-3-1-4-8-41)27-37-57(59)58-38-28-52(40-60(58)61)50-17-13-44(14-18-50)42-9-5-2-6-10-42/h1-40H. The summed E-state index contributed by atoms with van der Waals surface area (Å²) in [6, 6.07) is 87.9. The van der Waals surface area contributed by atoms with Crippen LogP contribution >= 0.6 is 23.2 Å². The summed E-state index contributed by atoms with van der Waals surface area (Å²) in [5.41, 5.74) is 20.8. The molecule has 0 N–H and O–H groups in total. The predicted octanol–water partition coefficient (Wildman–Crippen LogP) is 17.4. The van der Waals surface area contributed by atoms with E-state index in [1.54, 1.807) is 0 Å². The van der Waals surface area contributed by atoms with Gasteiger partial charge in [0.1, 0.15) is 0 Å². The summed E-state index contributed by atoms with van der Waals surface area (Å²) in [4.78, 5) is 0. The molecule has 0 bridgehead atoms. The van der Waals surface area contributed by atoms with E-state index in [0.29, 0.717) is 0 Å². The average molecular weight is 844 g/mol. The molecule has 63 heavy (non-hydrogen) atoms. The lowest BCUT2D eigenvalue weighted by Gasteiger charge is -2.34. The van der Waals surface area contributed by atoms with Crippen molar-refractivity contribution >= 4 is 23.2 Å². The highest BCUT2D eigenvalue weighted by atomic mass is 35.5. The number of fused-ring (bicyclic) bond motifs is 3. The predicted molar refractivity (Wildman–Crippen MR) is 266 cm³/mol. The van der Waals surface area contributed by atoms with E-state index in [9.17, 15) is 0 Å². The van der Waals surface area contributed by atoms with E-state index in [4.69, 9.17) is 23.2 Å². The van der Waals surface area contributed by atoms with Crippen molar-refractivity contribution in [3.63, 3.8) is 0 Å².